The summed E-state index contributed by atoms with van der Waals surface area (Å²) in [4.78, 5) is 13.4. The summed E-state index contributed by atoms with van der Waals surface area (Å²) < 4.78 is 0. The minimum Gasteiger partial charge on any atom is -0.338 e. The Morgan fingerprint density at radius 2 is 2.14 bits per heavy atom. The molecule has 0 saturated carbocycles. The fourth-order valence-electron chi connectivity index (χ4n) is 1.18. The Balaban J connectivity index is 4.34. The van der Waals surface area contributed by atoms with E-state index in [1.165, 1.54) is 0 Å². The quantitative estimate of drug-likeness (QED) is 0.711. The van der Waals surface area contributed by atoms with E-state index in [1.807, 2.05) is 26.8 Å². The molecule has 0 radical (unpaired) electrons. The predicted octanol–water partition coefficient (Wildman–Crippen LogP) is 0.874. The fourth-order valence-corrected chi connectivity index (χ4v) is 1.18. The zero-order valence-corrected chi connectivity index (χ0v) is 9.16. The zero-order valence-electron chi connectivity index (χ0n) is 9.16. The minimum atomic E-state index is -0.434. The van der Waals surface area contributed by atoms with E-state index < -0.39 is 6.04 Å². The Bertz CT molecular complexity index is 220. The first-order valence-electron chi connectivity index (χ1n) is 4.97. The normalized spacial score (nSPS) is 12.3. The van der Waals surface area contributed by atoms with Crippen LogP contribution in [0.15, 0.2) is 0 Å². The van der Waals surface area contributed by atoms with Gasteiger partial charge in [0.25, 0.3) is 0 Å². The lowest BCUT2D eigenvalue weighted by molar-refractivity contribution is -0.134. The highest BCUT2D eigenvalue weighted by atomic mass is 16.2. The van der Waals surface area contributed by atoms with Gasteiger partial charge in [0, 0.05) is 12.6 Å². The third kappa shape index (κ3) is 3.75. The summed E-state index contributed by atoms with van der Waals surface area (Å²) in [5.41, 5.74) is 5.65. The lowest BCUT2D eigenvalue weighted by Gasteiger charge is -2.28. The van der Waals surface area contributed by atoms with Gasteiger partial charge in [-0.05, 0) is 20.3 Å². The van der Waals surface area contributed by atoms with Crippen molar-refractivity contribution in [2.45, 2.75) is 45.7 Å². The summed E-state index contributed by atoms with van der Waals surface area (Å²) in [5, 5.41) is 8.46. The van der Waals surface area contributed by atoms with Crippen molar-refractivity contribution in [1.29, 1.82) is 5.26 Å². The first-order valence-corrected chi connectivity index (χ1v) is 4.97. The SMILES string of the molecule is CC[C@@H](N)C(=O)N(CCC#N)C(C)C. The molecule has 0 spiro atoms. The average molecular weight is 197 g/mol. The molecule has 0 aliphatic heterocycles. The molecule has 80 valence electrons. The van der Waals surface area contributed by atoms with Crippen molar-refractivity contribution in [1.82, 2.24) is 4.90 Å². The van der Waals surface area contributed by atoms with Crippen LogP contribution in [-0.4, -0.2) is 29.4 Å². The summed E-state index contributed by atoms with van der Waals surface area (Å²) in [6.45, 7) is 6.21. The van der Waals surface area contributed by atoms with E-state index >= 15 is 0 Å². The van der Waals surface area contributed by atoms with E-state index in [9.17, 15) is 4.79 Å². The highest BCUT2D eigenvalue weighted by Gasteiger charge is 2.21. The molecule has 14 heavy (non-hydrogen) atoms. The topological polar surface area (TPSA) is 70.1 Å². The van der Waals surface area contributed by atoms with Gasteiger partial charge >= 0.3 is 0 Å². The monoisotopic (exact) mass is 197 g/mol. The van der Waals surface area contributed by atoms with E-state index in [0.717, 1.165) is 0 Å². The lowest BCUT2D eigenvalue weighted by atomic mass is 10.1. The summed E-state index contributed by atoms with van der Waals surface area (Å²) in [6.07, 6.45) is 0.995. The van der Waals surface area contributed by atoms with Crippen LogP contribution in [-0.2, 0) is 4.79 Å². The first kappa shape index (κ1) is 12.9. The molecule has 0 bridgehead atoms. The third-order valence-corrected chi connectivity index (χ3v) is 2.13. The van der Waals surface area contributed by atoms with E-state index in [0.29, 0.717) is 19.4 Å². The van der Waals surface area contributed by atoms with E-state index in [4.69, 9.17) is 11.0 Å². The highest BCUT2D eigenvalue weighted by molar-refractivity contribution is 5.81. The Labute approximate surface area is 85.7 Å². The molecule has 1 amide bonds. The van der Waals surface area contributed by atoms with Crippen molar-refractivity contribution in [2.75, 3.05) is 6.54 Å². The van der Waals surface area contributed by atoms with Crippen LogP contribution in [0.25, 0.3) is 0 Å². The van der Waals surface area contributed by atoms with Crippen LogP contribution in [0, 0.1) is 11.3 Å². The van der Waals surface area contributed by atoms with Crippen LogP contribution < -0.4 is 5.73 Å². The molecule has 0 aromatic carbocycles. The van der Waals surface area contributed by atoms with E-state index in [1.54, 1.807) is 4.90 Å². The Hall–Kier alpha value is -1.08. The van der Waals surface area contributed by atoms with Gasteiger partial charge in [-0.25, -0.2) is 0 Å². The first-order chi connectivity index (χ1) is 6.54. The van der Waals surface area contributed by atoms with Crippen molar-refractivity contribution < 1.29 is 4.79 Å². The third-order valence-electron chi connectivity index (χ3n) is 2.13. The number of nitriles is 1. The van der Waals surface area contributed by atoms with Crippen LogP contribution in [0.2, 0.25) is 0 Å². The number of rotatable bonds is 5. The fraction of sp³-hybridized carbons (Fsp3) is 0.800. The summed E-state index contributed by atoms with van der Waals surface area (Å²) in [7, 11) is 0. The van der Waals surface area contributed by atoms with Crippen molar-refractivity contribution in [3.63, 3.8) is 0 Å². The molecule has 0 aromatic heterocycles. The number of hydrogen-bond acceptors (Lipinski definition) is 3. The second-order valence-corrected chi connectivity index (χ2v) is 3.55. The van der Waals surface area contributed by atoms with Gasteiger partial charge in [-0.1, -0.05) is 6.92 Å². The predicted molar refractivity (Wildman–Crippen MR) is 55.3 cm³/mol. The van der Waals surface area contributed by atoms with Gasteiger partial charge in [-0.15, -0.1) is 0 Å². The molecule has 0 heterocycles. The summed E-state index contributed by atoms with van der Waals surface area (Å²) in [6, 6.07) is 1.70. The smallest absolute Gasteiger partial charge is 0.239 e. The van der Waals surface area contributed by atoms with Crippen LogP contribution in [0.3, 0.4) is 0 Å². The molecule has 0 saturated heterocycles. The molecule has 0 rings (SSSR count). The molecule has 0 aromatic rings. The van der Waals surface area contributed by atoms with Crippen molar-refractivity contribution in [3.05, 3.63) is 0 Å². The number of carbonyl (C=O) groups is 1. The average Bonchev–Trinajstić information content (AvgIpc) is 2.16. The van der Waals surface area contributed by atoms with Crippen LogP contribution in [0.5, 0.6) is 0 Å². The van der Waals surface area contributed by atoms with Gasteiger partial charge in [-0.2, -0.15) is 5.26 Å². The molecule has 0 aliphatic rings. The van der Waals surface area contributed by atoms with Gasteiger partial charge in [0.15, 0.2) is 0 Å². The van der Waals surface area contributed by atoms with E-state index in [-0.39, 0.29) is 11.9 Å². The van der Waals surface area contributed by atoms with Gasteiger partial charge < -0.3 is 10.6 Å². The maximum absolute atomic E-state index is 11.7. The largest absolute Gasteiger partial charge is 0.338 e. The molecule has 1 atom stereocenters. The maximum Gasteiger partial charge on any atom is 0.239 e. The number of carbonyl (C=O) groups excluding carboxylic acids is 1. The second kappa shape index (κ2) is 6.39. The summed E-state index contributed by atoms with van der Waals surface area (Å²) in [5.74, 6) is -0.0576. The molecule has 2 N–H and O–H groups in total. The number of nitrogens with two attached hydrogens (primary N) is 1. The van der Waals surface area contributed by atoms with Gasteiger partial charge in [0.1, 0.15) is 0 Å². The van der Waals surface area contributed by atoms with Gasteiger partial charge in [-0.3, -0.25) is 4.79 Å². The zero-order chi connectivity index (χ0) is 11.1. The highest BCUT2D eigenvalue weighted by Crippen LogP contribution is 2.04. The molecule has 0 aliphatic carbocycles. The van der Waals surface area contributed by atoms with Gasteiger partial charge in [0.2, 0.25) is 5.91 Å². The number of amides is 1. The Morgan fingerprint density at radius 1 is 1.57 bits per heavy atom. The Morgan fingerprint density at radius 3 is 2.50 bits per heavy atom. The van der Waals surface area contributed by atoms with Crippen LogP contribution in [0.1, 0.15) is 33.6 Å². The van der Waals surface area contributed by atoms with Crippen molar-refractivity contribution >= 4 is 5.91 Å². The molecule has 4 nitrogen and oxygen atoms in total. The van der Waals surface area contributed by atoms with E-state index in [2.05, 4.69) is 0 Å². The van der Waals surface area contributed by atoms with Crippen LogP contribution in [0.4, 0.5) is 0 Å². The van der Waals surface area contributed by atoms with Crippen molar-refractivity contribution in [2.24, 2.45) is 5.73 Å². The lowest BCUT2D eigenvalue weighted by Crippen LogP contribution is -2.47. The minimum absolute atomic E-state index is 0.0576. The molecule has 0 fully saturated rings. The molecular formula is C10H19N3O. The Kier molecular flexibility index (Phi) is 5.89. The molecule has 4 heteroatoms. The standard InChI is InChI=1S/C10H19N3O/c1-4-9(12)10(14)13(8(2)3)7-5-6-11/h8-9H,4-5,7,12H2,1-3H3/t9-/m1/s1. The maximum atomic E-state index is 11.7. The second-order valence-electron chi connectivity index (χ2n) is 3.55. The number of nitrogens with zero attached hydrogens (tertiary/aromatic N) is 2. The molecule has 0 unspecified atom stereocenters. The van der Waals surface area contributed by atoms with Crippen molar-refractivity contribution in [3.8, 4) is 6.07 Å². The molecular weight excluding hydrogens is 178 g/mol. The number of hydrogen-bond donors (Lipinski definition) is 1. The summed E-state index contributed by atoms with van der Waals surface area (Å²) >= 11 is 0. The van der Waals surface area contributed by atoms with Gasteiger partial charge in [0.05, 0.1) is 18.5 Å². The van der Waals surface area contributed by atoms with Crippen LogP contribution >= 0.6 is 0 Å².